The van der Waals surface area contributed by atoms with E-state index >= 15 is 0 Å². The van der Waals surface area contributed by atoms with Crippen molar-refractivity contribution in [2.24, 2.45) is 0 Å². The molecule has 0 aliphatic rings. The number of methoxy groups -OCH3 is 1. The Morgan fingerprint density at radius 1 is 1.16 bits per heavy atom. The number of fused-ring (bicyclic) bond motifs is 1. The number of hydrogen-bond acceptors (Lipinski definition) is 4. The molecule has 1 heterocycles. The van der Waals surface area contributed by atoms with Crippen LogP contribution in [-0.2, 0) is 11.3 Å². The van der Waals surface area contributed by atoms with Crippen LogP contribution in [-0.4, -0.2) is 30.5 Å². The summed E-state index contributed by atoms with van der Waals surface area (Å²) in [6.45, 7) is 2.73. The summed E-state index contributed by atoms with van der Waals surface area (Å²) in [4.78, 5) is 23.1. The lowest BCUT2D eigenvalue weighted by Crippen LogP contribution is -2.05. The number of benzene rings is 2. The van der Waals surface area contributed by atoms with Crippen LogP contribution in [0, 0.1) is 0 Å². The number of esters is 1. The number of rotatable bonds is 6. The number of nitrogens with zero attached hydrogens (tertiary/aromatic N) is 1. The van der Waals surface area contributed by atoms with Gasteiger partial charge in [-0.25, -0.2) is 4.79 Å². The molecule has 0 saturated heterocycles. The quantitative estimate of drug-likeness (QED) is 0.508. The van der Waals surface area contributed by atoms with Gasteiger partial charge in [0.05, 0.1) is 19.3 Å². The van der Waals surface area contributed by atoms with E-state index in [9.17, 15) is 9.59 Å². The Morgan fingerprint density at radius 2 is 1.92 bits per heavy atom. The summed E-state index contributed by atoms with van der Waals surface area (Å²) in [5.41, 5.74) is 3.13. The molecule has 0 bridgehead atoms. The SMILES string of the molecule is CCOC(=O)c1ccc(Cn2cc(C=O)c3cc(OC)ccc32)cc1. The van der Waals surface area contributed by atoms with Gasteiger partial charge in [0.1, 0.15) is 5.75 Å². The summed E-state index contributed by atoms with van der Waals surface area (Å²) in [6.07, 6.45) is 2.68. The van der Waals surface area contributed by atoms with Gasteiger partial charge in [0.2, 0.25) is 0 Å². The molecule has 0 atom stereocenters. The molecule has 0 amide bonds. The Bertz CT molecular complexity index is 909. The highest BCUT2D eigenvalue weighted by molar-refractivity contribution is 5.98. The van der Waals surface area contributed by atoms with Crippen molar-refractivity contribution in [3.05, 3.63) is 65.4 Å². The van der Waals surface area contributed by atoms with Crippen molar-refractivity contribution < 1.29 is 19.1 Å². The minimum Gasteiger partial charge on any atom is -0.497 e. The maximum absolute atomic E-state index is 11.7. The molecule has 3 aromatic rings. The van der Waals surface area contributed by atoms with Crippen LogP contribution in [0.5, 0.6) is 5.75 Å². The van der Waals surface area contributed by atoms with Gasteiger partial charge in [-0.2, -0.15) is 0 Å². The van der Waals surface area contributed by atoms with Gasteiger partial charge in [0.15, 0.2) is 6.29 Å². The van der Waals surface area contributed by atoms with Crippen LogP contribution in [0.1, 0.15) is 33.2 Å². The average Bonchev–Trinajstić information content (AvgIpc) is 2.99. The second-order valence-corrected chi connectivity index (χ2v) is 5.63. The lowest BCUT2D eigenvalue weighted by Gasteiger charge is -2.07. The molecule has 0 fully saturated rings. The average molecular weight is 337 g/mol. The zero-order valence-corrected chi connectivity index (χ0v) is 14.2. The van der Waals surface area contributed by atoms with Crippen LogP contribution in [0.2, 0.25) is 0 Å². The summed E-state index contributed by atoms with van der Waals surface area (Å²) >= 11 is 0. The summed E-state index contributed by atoms with van der Waals surface area (Å²) in [6, 6.07) is 13.0. The van der Waals surface area contributed by atoms with E-state index in [2.05, 4.69) is 0 Å². The zero-order valence-electron chi connectivity index (χ0n) is 14.2. The normalized spacial score (nSPS) is 10.6. The van der Waals surface area contributed by atoms with E-state index < -0.39 is 0 Å². The lowest BCUT2D eigenvalue weighted by molar-refractivity contribution is 0.0526. The molecular weight excluding hydrogens is 318 g/mol. The second kappa shape index (κ2) is 7.21. The highest BCUT2D eigenvalue weighted by Gasteiger charge is 2.10. The fourth-order valence-corrected chi connectivity index (χ4v) is 2.81. The summed E-state index contributed by atoms with van der Waals surface area (Å²) in [5, 5.41) is 0.859. The van der Waals surface area contributed by atoms with Crippen LogP contribution in [0.3, 0.4) is 0 Å². The first kappa shape index (κ1) is 16.8. The topological polar surface area (TPSA) is 57.5 Å². The number of carbonyl (C=O) groups is 2. The van der Waals surface area contributed by atoms with Crippen molar-refractivity contribution in [1.29, 1.82) is 0 Å². The Balaban J connectivity index is 1.90. The van der Waals surface area contributed by atoms with Crippen LogP contribution in [0.15, 0.2) is 48.7 Å². The van der Waals surface area contributed by atoms with Gasteiger partial charge < -0.3 is 14.0 Å². The predicted octanol–water partition coefficient (Wildman–Crippen LogP) is 3.69. The molecule has 3 rings (SSSR count). The Hall–Kier alpha value is -3.08. The first-order valence-electron chi connectivity index (χ1n) is 8.04. The van der Waals surface area contributed by atoms with E-state index in [1.165, 1.54) is 0 Å². The standard InChI is InChI=1S/C20H19NO4/c1-3-25-20(23)15-6-4-14(5-7-15)11-21-12-16(13-22)18-10-17(24-2)8-9-19(18)21/h4-10,12-13H,3,11H2,1-2H3. The second-order valence-electron chi connectivity index (χ2n) is 5.63. The Morgan fingerprint density at radius 3 is 2.56 bits per heavy atom. The molecule has 0 radical (unpaired) electrons. The minimum absolute atomic E-state index is 0.323. The van der Waals surface area contributed by atoms with Crippen molar-refractivity contribution in [2.75, 3.05) is 13.7 Å². The van der Waals surface area contributed by atoms with Gasteiger partial charge in [-0.1, -0.05) is 12.1 Å². The largest absolute Gasteiger partial charge is 0.497 e. The van der Waals surface area contributed by atoms with Gasteiger partial charge >= 0.3 is 5.97 Å². The highest BCUT2D eigenvalue weighted by Crippen LogP contribution is 2.26. The number of aromatic nitrogens is 1. The zero-order chi connectivity index (χ0) is 17.8. The molecule has 5 heteroatoms. The monoisotopic (exact) mass is 337 g/mol. The minimum atomic E-state index is -0.323. The molecule has 25 heavy (non-hydrogen) atoms. The molecule has 1 aromatic heterocycles. The van der Waals surface area contributed by atoms with Crippen molar-refractivity contribution in [3.63, 3.8) is 0 Å². The lowest BCUT2D eigenvalue weighted by atomic mass is 10.1. The van der Waals surface area contributed by atoms with E-state index in [4.69, 9.17) is 9.47 Å². The maximum atomic E-state index is 11.7. The highest BCUT2D eigenvalue weighted by atomic mass is 16.5. The molecule has 0 saturated carbocycles. The number of ether oxygens (including phenoxy) is 2. The third kappa shape index (κ3) is 3.40. The van der Waals surface area contributed by atoms with Crippen LogP contribution < -0.4 is 4.74 Å². The van der Waals surface area contributed by atoms with Gasteiger partial charge in [-0.15, -0.1) is 0 Å². The molecular formula is C20H19NO4. The van der Waals surface area contributed by atoms with E-state index in [0.29, 0.717) is 30.0 Å². The van der Waals surface area contributed by atoms with Gasteiger partial charge in [0.25, 0.3) is 0 Å². The van der Waals surface area contributed by atoms with Gasteiger partial charge in [-0.3, -0.25) is 4.79 Å². The molecule has 0 aliphatic carbocycles. The van der Waals surface area contributed by atoms with Gasteiger partial charge in [-0.05, 0) is 42.8 Å². The van der Waals surface area contributed by atoms with Crippen molar-refractivity contribution in [3.8, 4) is 5.75 Å². The molecule has 5 nitrogen and oxygen atoms in total. The summed E-state index contributed by atoms with van der Waals surface area (Å²) in [7, 11) is 1.60. The molecule has 128 valence electrons. The van der Waals surface area contributed by atoms with E-state index in [-0.39, 0.29) is 5.97 Å². The van der Waals surface area contributed by atoms with E-state index in [1.54, 1.807) is 26.2 Å². The van der Waals surface area contributed by atoms with Crippen LogP contribution >= 0.6 is 0 Å². The molecule has 0 unspecified atom stereocenters. The Kier molecular flexibility index (Phi) is 4.84. The molecule has 0 N–H and O–H groups in total. The molecule has 0 aliphatic heterocycles. The van der Waals surface area contributed by atoms with Crippen molar-refractivity contribution >= 4 is 23.2 Å². The van der Waals surface area contributed by atoms with Crippen LogP contribution in [0.25, 0.3) is 10.9 Å². The third-order valence-electron chi connectivity index (χ3n) is 4.06. The smallest absolute Gasteiger partial charge is 0.338 e. The van der Waals surface area contributed by atoms with E-state index in [1.807, 2.05) is 41.1 Å². The summed E-state index contributed by atoms with van der Waals surface area (Å²) < 4.78 is 12.2. The van der Waals surface area contributed by atoms with Crippen molar-refractivity contribution in [2.45, 2.75) is 13.5 Å². The number of carbonyl (C=O) groups excluding carboxylic acids is 2. The fourth-order valence-electron chi connectivity index (χ4n) is 2.81. The fraction of sp³-hybridized carbons (Fsp3) is 0.200. The molecule has 0 spiro atoms. The summed E-state index contributed by atoms with van der Waals surface area (Å²) in [5.74, 6) is 0.392. The van der Waals surface area contributed by atoms with Crippen LogP contribution in [0.4, 0.5) is 0 Å². The number of aldehydes is 1. The number of hydrogen-bond donors (Lipinski definition) is 0. The predicted molar refractivity (Wildman–Crippen MR) is 95.4 cm³/mol. The first-order chi connectivity index (χ1) is 12.2. The van der Waals surface area contributed by atoms with Crippen molar-refractivity contribution in [1.82, 2.24) is 4.57 Å². The third-order valence-corrected chi connectivity index (χ3v) is 4.06. The first-order valence-corrected chi connectivity index (χ1v) is 8.04. The van der Waals surface area contributed by atoms with Gasteiger partial charge in [0, 0.05) is 29.2 Å². The molecule has 2 aromatic carbocycles. The van der Waals surface area contributed by atoms with E-state index in [0.717, 1.165) is 22.8 Å². The maximum Gasteiger partial charge on any atom is 0.338 e. The Labute approximate surface area is 145 Å².